The van der Waals surface area contributed by atoms with E-state index < -0.39 is 5.91 Å². The van der Waals surface area contributed by atoms with E-state index >= 15 is 0 Å². The third kappa shape index (κ3) is 2.24. The van der Waals surface area contributed by atoms with Crippen molar-refractivity contribution in [2.75, 3.05) is 0 Å². The fourth-order valence-electron chi connectivity index (χ4n) is 1.63. The third-order valence-electron chi connectivity index (χ3n) is 2.63. The number of H-pyrrole nitrogens is 1. The summed E-state index contributed by atoms with van der Waals surface area (Å²) in [6.07, 6.45) is 0. The number of carbonyl (C=O) groups is 1. The van der Waals surface area contributed by atoms with E-state index in [-0.39, 0.29) is 0 Å². The normalized spacial score (nSPS) is 11.1. The Bertz CT molecular complexity index is 554. The maximum Gasteiger partial charge on any atom is 0.266 e. The number of hydrogen-bond acceptors (Lipinski definition) is 3. The monoisotopic (exact) mass is 249 g/mol. The molecular formula is C12H15N3OS. The average molecular weight is 249 g/mol. The molecule has 0 unspecified atom stereocenters. The number of nitrogens with one attached hydrogen (secondary N) is 1. The minimum atomic E-state index is -0.485. The summed E-state index contributed by atoms with van der Waals surface area (Å²) in [5.74, 6) is 0.0164. The van der Waals surface area contributed by atoms with E-state index in [0.717, 1.165) is 11.3 Å². The molecule has 90 valence electrons. The van der Waals surface area contributed by atoms with Crippen LogP contribution in [0, 0.1) is 6.92 Å². The zero-order chi connectivity index (χ0) is 12.6. The van der Waals surface area contributed by atoms with Crippen LogP contribution >= 0.6 is 11.3 Å². The van der Waals surface area contributed by atoms with E-state index in [0.29, 0.717) is 11.6 Å². The molecule has 2 rings (SSSR count). The van der Waals surface area contributed by atoms with Crippen molar-refractivity contribution < 1.29 is 4.79 Å². The zero-order valence-electron chi connectivity index (χ0n) is 10.1. The molecule has 0 aliphatic heterocycles. The van der Waals surface area contributed by atoms with Crippen LogP contribution in [0.3, 0.4) is 0 Å². The fourth-order valence-corrected chi connectivity index (χ4v) is 2.67. The number of nitrogens with two attached hydrogens (primary N) is 1. The van der Waals surface area contributed by atoms with Crippen LogP contribution in [0.2, 0.25) is 0 Å². The molecule has 0 aliphatic rings. The molecule has 0 saturated carbocycles. The Morgan fingerprint density at radius 2 is 2.18 bits per heavy atom. The highest BCUT2D eigenvalue weighted by Gasteiger charge is 2.14. The number of aromatic nitrogens is 2. The zero-order valence-corrected chi connectivity index (χ0v) is 10.9. The number of rotatable bonds is 3. The van der Waals surface area contributed by atoms with Gasteiger partial charge in [0.2, 0.25) is 0 Å². The second-order valence-corrected chi connectivity index (χ2v) is 5.59. The Hall–Kier alpha value is -1.62. The van der Waals surface area contributed by atoms with Gasteiger partial charge in [-0.25, -0.2) is 0 Å². The SMILES string of the molecule is Cc1sc(C(C)C)cc1-c1cc(C(N)=O)[nH]n1. The summed E-state index contributed by atoms with van der Waals surface area (Å²) in [5, 5.41) is 6.77. The first-order chi connectivity index (χ1) is 7.99. The summed E-state index contributed by atoms with van der Waals surface area (Å²) in [6, 6.07) is 3.83. The molecule has 2 aromatic rings. The summed E-state index contributed by atoms with van der Waals surface area (Å²) in [7, 11) is 0. The highest BCUT2D eigenvalue weighted by atomic mass is 32.1. The van der Waals surface area contributed by atoms with Crippen LogP contribution in [0.25, 0.3) is 11.3 Å². The summed E-state index contributed by atoms with van der Waals surface area (Å²) in [5.41, 5.74) is 7.38. The largest absolute Gasteiger partial charge is 0.364 e. The van der Waals surface area contributed by atoms with Crippen LogP contribution in [0.15, 0.2) is 12.1 Å². The molecule has 0 aliphatic carbocycles. The number of amides is 1. The number of aromatic amines is 1. The quantitative estimate of drug-likeness (QED) is 0.877. The molecule has 4 nitrogen and oxygen atoms in total. The smallest absolute Gasteiger partial charge is 0.266 e. The minimum absolute atomic E-state index is 0.344. The van der Waals surface area contributed by atoms with Gasteiger partial charge in [0.15, 0.2) is 0 Å². The lowest BCUT2D eigenvalue weighted by atomic mass is 10.1. The Balaban J connectivity index is 2.41. The van der Waals surface area contributed by atoms with E-state index in [1.54, 1.807) is 17.4 Å². The maximum atomic E-state index is 11.0. The Morgan fingerprint density at radius 1 is 1.47 bits per heavy atom. The van der Waals surface area contributed by atoms with E-state index in [9.17, 15) is 4.79 Å². The molecule has 0 radical (unpaired) electrons. The third-order valence-corrected chi connectivity index (χ3v) is 3.98. The van der Waals surface area contributed by atoms with Gasteiger partial charge < -0.3 is 5.73 Å². The van der Waals surface area contributed by atoms with Crippen LogP contribution in [0.1, 0.15) is 40.0 Å². The first kappa shape index (κ1) is 11.9. The number of primary amides is 1. The van der Waals surface area contributed by atoms with Gasteiger partial charge >= 0.3 is 0 Å². The number of thiophene rings is 1. The molecule has 0 spiro atoms. The first-order valence-electron chi connectivity index (χ1n) is 5.45. The van der Waals surface area contributed by atoms with Crippen LogP contribution in [-0.4, -0.2) is 16.1 Å². The van der Waals surface area contributed by atoms with Gasteiger partial charge in [-0.3, -0.25) is 9.89 Å². The van der Waals surface area contributed by atoms with Crippen molar-refractivity contribution in [2.24, 2.45) is 5.73 Å². The van der Waals surface area contributed by atoms with Gasteiger partial charge in [0.05, 0.1) is 5.69 Å². The topological polar surface area (TPSA) is 71.8 Å². The van der Waals surface area contributed by atoms with Gasteiger partial charge in [-0.2, -0.15) is 5.10 Å². The van der Waals surface area contributed by atoms with Crippen LogP contribution in [0.5, 0.6) is 0 Å². The van der Waals surface area contributed by atoms with Gasteiger partial charge in [0.1, 0.15) is 5.69 Å². The average Bonchev–Trinajstić information content (AvgIpc) is 2.83. The molecule has 2 aromatic heterocycles. The van der Waals surface area contributed by atoms with Gasteiger partial charge in [0, 0.05) is 15.3 Å². The molecule has 0 saturated heterocycles. The maximum absolute atomic E-state index is 11.0. The van der Waals surface area contributed by atoms with Crippen molar-refractivity contribution in [1.29, 1.82) is 0 Å². The number of hydrogen-bond donors (Lipinski definition) is 2. The highest BCUT2D eigenvalue weighted by Crippen LogP contribution is 2.33. The van der Waals surface area contributed by atoms with E-state index in [4.69, 9.17) is 5.73 Å². The molecular weight excluding hydrogens is 234 g/mol. The predicted molar refractivity (Wildman–Crippen MR) is 69.2 cm³/mol. The molecule has 0 aromatic carbocycles. The van der Waals surface area contributed by atoms with Crippen molar-refractivity contribution in [3.63, 3.8) is 0 Å². The number of nitrogens with zero attached hydrogens (tertiary/aromatic N) is 1. The molecule has 0 fully saturated rings. The van der Waals surface area contributed by atoms with Crippen LogP contribution in [-0.2, 0) is 0 Å². The second kappa shape index (κ2) is 4.33. The fraction of sp³-hybridized carbons (Fsp3) is 0.333. The highest BCUT2D eigenvalue weighted by molar-refractivity contribution is 7.12. The van der Waals surface area contributed by atoms with Crippen molar-refractivity contribution in [3.8, 4) is 11.3 Å². The molecule has 1 amide bonds. The summed E-state index contributed by atoms with van der Waals surface area (Å²) in [4.78, 5) is 13.5. The summed E-state index contributed by atoms with van der Waals surface area (Å²) < 4.78 is 0. The lowest BCUT2D eigenvalue weighted by Gasteiger charge is -1.96. The minimum Gasteiger partial charge on any atom is -0.364 e. The van der Waals surface area contributed by atoms with E-state index in [2.05, 4.69) is 37.0 Å². The van der Waals surface area contributed by atoms with Gasteiger partial charge in [-0.15, -0.1) is 11.3 Å². The first-order valence-corrected chi connectivity index (χ1v) is 6.26. The lowest BCUT2D eigenvalue weighted by Crippen LogP contribution is -2.10. The molecule has 0 bridgehead atoms. The standard InChI is InChI=1S/C12H15N3OS/c1-6(2)11-4-8(7(3)17-11)9-5-10(12(13)16)15-14-9/h4-6H,1-3H3,(H2,13,16)(H,14,15). The molecule has 0 atom stereocenters. The van der Waals surface area contributed by atoms with E-state index in [1.165, 1.54) is 9.75 Å². The van der Waals surface area contributed by atoms with Crippen LogP contribution < -0.4 is 5.73 Å². The van der Waals surface area contributed by atoms with Crippen molar-refractivity contribution in [2.45, 2.75) is 26.7 Å². The van der Waals surface area contributed by atoms with Gasteiger partial charge in [-0.05, 0) is 25.0 Å². The van der Waals surface area contributed by atoms with Crippen molar-refractivity contribution >= 4 is 17.2 Å². The Kier molecular flexibility index (Phi) is 3.02. The number of aryl methyl sites for hydroxylation is 1. The van der Waals surface area contributed by atoms with Crippen molar-refractivity contribution in [3.05, 3.63) is 27.6 Å². The molecule has 5 heteroatoms. The number of carbonyl (C=O) groups excluding carboxylic acids is 1. The van der Waals surface area contributed by atoms with Crippen LogP contribution in [0.4, 0.5) is 0 Å². The molecule has 3 N–H and O–H groups in total. The van der Waals surface area contributed by atoms with E-state index in [1.807, 2.05) is 0 Å². The van der Waals surface area contributed by atoms with Crippen molar-refractivity contribution in [1.82, 2.24) is 10.2 Å². The summed E-state index contributed by atoms with van der Waals surface area (Å²) >= 11 is 1.76. The Morgan fingerprint density at radius 3 is 2.65 bits per heavy atom. The second-order valence-electron chi connectivity index (χ2n) is 4.30. The lowest BCUT2D eigenvalue weighted by molar-refractivity contribution is 0.0995. The molecule has 17 heavy (non-hydrogen) atoms. The van der Waals surface area contributed by atoms with Gasteiger partial charge in [-0.1, -0.05) is 13.8 Å². The Labute approximate surface area is 104 Å². The van der Waals surface area contributed by atoms with Gasteiger partial charge in [0.25, 0.3) is 5.91 Å². The molecule has 2 heterocycles. The summed E-state index contributed by atoms with van der Waals surface area (Å²) in [6.45, 7) is 6.38. The predicted octanol–water partition coefficient (Wildman–Crippen LogP) is 2.67.